The molecule has 1 heterocycles. The summed E-state index contributed by atoms with van der Waals surface area (Å²) in [6, 6.07) is 7.61. The molecule has 1 N–H and O–H groups in total. The van der Waals surface area contributed by atoms with Gasteiger partial charge in [-0.3, -0.25) is 4.79 Å². The van der Waals surface area contributed by atoms with Gasteiger partial charge in [-0.15, -0.1) is 0 Å². The van der Waals surface area contributed by atoms with Crippen molar-refractivity contribution in [2.45, 2.75) is 13.1 Å². The fourth-order valence-electron chi connectivity index (χ4n) is 2.88. The molecule has 0 fully saturated rings. The van der Waals surface area contributed by atoms with Crippen LogP contribution >= 0.6 is 11.6 Å². The maximum absolute atomic E-state index is 13.6. The highest BCUT2D eigenvalue weighted by Gasteiger charge is 2.46. The Balaban J connectivity index is 2.02. The molecular formula is C21H16ClF3N2O5. The number of hydrogen-bond acceptors (Lipinski definition) is 6. The maximum Gasteiger partial charge on any atom is 0.435 e. The van der Waals surface area contributed by atoms with E-state index in [9.17, 15) is 27.9 Å². The second kappa shape index (κ2) is 8.91. The summed E-state index contributed by atoms with van der Waals surface area (Å²) in [6.07, 6.45) is -3.97. The summed E-state index contributed by atoms with van der Waals surface area (Å²) in [5.74, 6) is -2.11. The van der Waals surface area contributed by atoms with Crippen molar-refractivity contribution in [1.82, 2.24) is 0 Å². The molecule has 0 unspecified atom stereocenters. The Labute approximate surface area is 185 Å². The summed E-state index contributed by atoms with van der Waals surface area (Å²) in [6.45, 7) is 1.79. The second-order valence-corrected chi connectivity index (χ2v) is 6.85. The smallest absolute Gasteiger partial charge is 0.435 e. The van der Waals surface area contributed by atoms with Crippen molar-refractivity contribution in [2.24, 2.45) is 5.10 Å². The van der Waals surface area contributed by atoms with E-state index in [1.54, 1.807) is 6.92 Å². The van der Waals surface area contributed by atoms with Crippen LogP contribution in [-0.4, -0.2) is 42.6 Å². The first kappa shape index (κ1) is 23.1. The first-order valence-electron chi connectivity index (χ1n) is 9.12. The number of halogens is 4. The maximum atomic E-state index is 13.6. The minimum absolute atomic E-state index is 0.0227. The fourth-order valence-corrected chi connectivity index (χ4v) is 3.10. The average Bonchev–Trinajstić information content (AvgIpc) is 3.07. The Morgan fingerprint density at radius 2 is 1.91 bits per heavy atom. The topological polar surface area (TPSA) is 88.4 Å². The predicted molar refractivity (Wildman–Crippen MR) is 111 cm³/mol. The van der Waals surface area contributed by atoms with Gasteiger partial charge < -0.3 is 14.6 Å². The van der Waals surface area contributed by atoms with E-state index in [0.717, 1.165) is 6.08 Å². The molecule has 0 aromatic heterocycles. The van der Waals surface area contributed by atoms with Gasteiger partial charge in [0, 0.05) is 0 Å². The van der Waals surface area contributed by atoms with Crippen molar-refractivity contribution in [3.63, 3.8) is 0 Å². The number of esters is 1. The van der Waals surface area contributed by atoms with Crippen molar-refractivity contribution in [2.75, 3.05) is 18.7 Å². The van der Waals surface area contributed by atoms with Crippen LogP contribution in [0.2, 0.25) is 5.02 Å². The van der Waals surface area contributed by atoms with Gasteiger partial charge in [-0.2, -0.15) is 23.3 Å². The number of anilines is 1. The Bertz CT molecular complexity index is 1130. The second-order valence-electron chi connectivity index (χ2n) is 6.44. The van der Waals surface area contributed by atoms with Crippen LogP contribution in [0, 0.1) is 0 Å². The van der Waals surface area contributed by atoms with E-state index in [-0.39, 0.29) is 39.9 Å². The van der Waals surface area contributed by atoms with Gasteiger partial charge in [-0.1, -0.05) is 11.6 Å². The van der Waals surface area contributed by atoms with Crippen LogP contribution in [0.4, 0.5) is 18.9 Å². The molecule has 0 radical (unpaired) electrons. The van der Waals surface area contributed by atoms with Crippen molar-refractivity contribution >= 4 is 41.0 Å². The lowest BCUT2D eigenvalue weighted by Gasteiger charge is -2.12. The molecule has 168 valence electrons. The number of amides is 1. The molecule has 1 aliphatic rings. The number of alkyl halides is 3. The molecule has 1 amide bonds. The Morgan fingerprint density at radius 3 is 2.47 bits per heavy atom. The van der Waals surface area contributed by atoms with Gasteiger partial charge in [0.25, 0.3) is 5.91 Å². The molecule has 0 atom stereocenters. The summed E-state index contributed by atoms with van der Waals surface area (Å²) < 4.78 is 50.6. The van der Waals surface area contributed by atoms with Crippen molar-refractivity contribution in [3.05, 3.63) is 58.1 Å². The number of aromatic hydroxyl groups is 1. The first-order chi connectivity index (χ1) is 15.1. The van der Waals surface area contributed by atoms with Gasteiger partial charge in [0.15, 0.2) is 17.2 Å². The zero-order valence-electron chi connectivity index (χ0n) is 16.7. The molecular weight excluding hydrogens is 453 g/mol. The van der Waals surface area contributed by atoms with E-state index in [1.165, 1.54) is 43.5 Å². The monoisotopic (exact) mass is 468 g/mol. The molecule has 0 spiro atoms. The largest absolute Gasteiger partial charge is 0.503 e. The number of methoxy groups -OCH3 is 1. The molecule has 0 saturated carbocycles. The van der Waals surface area contributed by atoms with E-state index in [4.69, 9.17) is 21.1 Å². The van der Waals surface area contributed by atoms with E-state index < -0.39 is 29.3 Å². The quantitative estimate of drug-likeness (QED) is 0.512. The highest BCUT2D eigenvalue weighted by Crippen LogP contribution is 2.37. The summed E-state index contributed by atoms with van der Waals surface area (Å²) in [5, 5.41) is 13.7. The van der Waals surface area contributed by atoms with E-state index in [0.29, 0.717) is 5.01 Å². The fraction of sp³-hybridized carbons (Fsp3) is 0.190. The third kappa shape index (κ3) is 4.54. The van der Waals surface area contributed by atoms with Gasteiger partial charge in [0.2, 0.25) is 0 Å². The number of phenolic OH excluding ortho intramolecular Hbond substituents is 1. The van der Waals surface area contributed by atoms with Crippen LogP contribution in [0.5, 0.6) is 11.5 Å². The average molecular weight is 469 g/mol. The summed E-state index contributed by atoms with van der Waals surface area (Å²) in [5.41, 5.74) is -1.85. The number of carbonyl (C=O) groups excluding carboxylic acids is 2. The lowest BCUT2D eigenvalue weighted by Crippen LogP contribution is -2.25. The first-order valence-corrected chi connectivity index (χ1v) is 9.50. The van der Waals surface area contributed by atoms with Crippen LogP contribution in [0.3, 0.4) is 0 Å². The zero-order chi connectivity index (χ0) is 23.6. The normalized spacial score (nSPS) is 15.2. The standard InChI is InChI=1S/C21H16ClF3N2O5/c1-3-32-20(30)12-4-6-13(7-5-12)27-19(29)14(18(26-27)21(23,24)25)8-11-9-15(22)17(28)16(10-11)31-2/h4-10,28H,3H2,1-2H3/b14-8-. The zero-order valence-corrected chi connectivity index (χ0v) is 17.5. The lowest BCUT2D eigenvalue weighted by molar-refractivity contribution is -0.114. The summed E-state index contributed by atoms with van der Waals surface area (Å²) >= 11 is 5.89. The Kier molecular flexibility index (Phi) is 6.45. The molecule has 0 bridgehead atoms. The van der Waals surface area contributed by atoms with Crippen molar-refractivity contribution in [1.29, 1.82) is 0 Å². The molecule has 7 nitrogen and oxygen atoms in total. The van der Waals surface area contributed by atoms with Gasteiger partial charge in [0.1, 0.15) is 0 Å². The van der Waals surface area contributed by atoms with E-state index >= 15 is 0 Å². The third-order valence-electron chi connectivity index (χ3n) is 4.35. The van der Waals surface area contributed by atoms with Crippen LogP contribution in [0.15, 0.2) is 47.1 Å². The SMILES string of the molecule is CCOC(=O)c1ccc(N2N=C(C(F)(F)F)/C(=C/c3cc(Cl)c(O)c(OC)c3)C2=O)cc1. The Hall–Kier alpha value is -3.53. The number of hydrogen-bond donors (Lipinski definition) is 1. The molecule has 2 aromatic carbocycles. The molecule has 2 aromatic rings. The summed E-state index contributed by atoms with van der Waals surface area (Å²) in [4.78, 5) is 24.6. The van der Waals surface area contributed by atoms with E-state index in [1.807, 2.05) is 0 Å². The minimum Gasteiger partial charge on any atom is -0.503 e. The highest BCUT2D eigenvalue weighted by molar-refractivity contribution is 6.35. The number of carbonyl (C=O) groups is 2. The molecule has 11 heteroatoms. The van der Waals surface area contributed by atoms with Crippen LogP contribution in [0.25, 0.3) is 6.08 Å². The number of nitrogens with zero attached hydrogens (tertiary/aromatic N) is 2. The summed E-state index contributed by atoms with van der Waals surface area (Å²) in [7, 11) is 1.24. The molecule has 32 heavy (non-hydrogen) atoms. The van der Waals surface area contributed by atoms with Crippen LogP contribution < -0.4 is 9.75 Å². The van der Waals surface area contributed by atoms with Crippen LogP contribution in [0.1, 0.15) is 22.8 Å². The van der Waals surface area contributed by atoms with Gasteiger partial charge in [-0.05, 0) is 55.0 Å². The van der Waals surface area contributed by atoms with Crippen molar-refractivity contribution in [3.8, 4) is 11.5 Å². The molecule has 0 saturated heterocycles. The lowest BCUT2D eigenvalue weighted by atomic mass is 10.1. The number of benzene rings is 2. The number of rotatable bonds is 5. The third-order valence-corrected chi connectivity index (χ3v) is 4.64. The molecule has 0 aliphatic carbocycles. The van der Waals surface area contributed by atoms with Gasteiger partial charge in [-0.25, -0.2) is 4.79 Å². The number of ether oxygens (including phenoxy) is 2. The van der Waals surface area contributed by atoms with Gasteiger partial charge >= 0.3 is 12.1 Å². The number of phenols is 1. The Morgan fingerprint density at radius 1 is 1.25 bits per heavy atom. The molecule has 1 aliphatic heterocycles. The predicted octanol–water partition coefficient (Wildman–Crippen LogP) is 4.58. The minimum atomic E-state index is -4.92. The van der Waals surface area contributed by atoms with Gasteiger partial charge in [0.05, 0.1) is 35.6 Å². The van der Waals surface area contributed by atoms with Crippen molar-refractivity contribution < 1.29 is 37.3 Å². The van der Waals surface area contributed by atoms with E-state index in [2.05, 4.69) is 5.10 Å². The highest BCUT2D eigenvalue weighted by atomic mass is 35.5. The molecule has 3 rings (SSSR count). The van der Waals surface area contributed by atoms with Crippen LogP contribution in [-0.2, 0) is 9.53 Å². The number of hydrazone groups is 1.